The predicted molar refractivity (Wildman–Crippen MR) is 42.9 cm³/mol. The summed E-state index contributed by atoms with van der Waals surface area (Å²) in [5.41, 5.74) is 5.67. The third kappa shape index (κ3) is 6.15. The van der Waals surface area contributed by atoms with Crippen molar-refractivity contribution in [3.05, 3.63) is 0 Å². The number of rotatable bonds is 5. The van der Waals surface area contributed by atoms with Gasteiger partial charge in [-0.15, -0.1) is 0 Å². The third-order valence-electron chi connectivity index (χ3n) is 1.07. The van der Waals surface area contributed by atoms with Crippen LogP contribution in [0.3, 0.4) is 0 Å². The predicted octanol–water partition coefficient (Wildman–Crippen LogP) is 0.713. The molecule has 0 radical (unpaired) electrons. The second-order valence-corrected chi connectivity index (χ2v) is 2.91. The first-order chi connectivity index (χ1) is 4.31. The lowest BCUT2D eigenvalue weighted by Gasteiger charge is -2.07. The van der Waals surface area contributed by atoms with E-state index in [0.717, 1.165) is 18.8 Å². The van der Waals surface area contributed by atoms with Gasteiger partial charge in [0.25, 0.3) is 0 Å². The van der Waals surface area contributed by atoms with E-state index in [9.17, 15) is 0 Å². The fourth-order valence-corrected chi connectivity index (χ4v) is 1.16. The molecule has 0 bridgehead atoms. The smallest absolute Gasteiger partial charge is 0.0477 e. The van der Waals surface area contributed by atoms with Crippen molar-refractivity contribution in [3.8, 4) is 0 Å². The van der Waals surface area contributed by atoms with Crippen LogP contribution in [0.4, 0.5) is 0 Å². The van der Waals surface area contributed by atoms with Crippen molar-refractivity contribution in [1.29, 1.82) is 0 Å². The van der Waals surface area contributed by atoms with E-state index < -0.39 is 0 Å². The van der Waals surface area contributed by atoms with Crippen molar-refractivity contribution < 1.29 is 4.74 Å². The summed E-state index contributed by atoms with van der Waals surface area (Å²) in [5.74, 6) is 1.03. The van der Waals surface area contributed by atoms with E-state index in [0.29, 0.717) is 6.04 Å². The maximum atomic E-state index is 5.67. The summed E-state index contributed by atoms with van der Waals surface area (Å²) in [6, 6.07) is 0.306. The van der Waals surface area contributed by atoms with Crippen LogP contribution in [0.1, 0.15) is 6.42 Å². The standard InChI is InChI=1S/C6H15NOS/c1-8-4-3-6(7)5-9-2/h6H,3-5,7H2,1-2H3. The molecule has 0 aromatic rings. The van der Waals surface area contributed by atoms with Crippen molar-refractivity contribution in [2.24, 2.45) is 5.73 Å². The van der Waals surface area contributed by atoms with E-state index in [-0.39, 0.29) is 0 Å². The highest BCUT2D eigenvalue weighted by Crippen LogP contribution is 1.97. The Labute approximate surface area is 61.1 Å². The number of nitrogens with two attached hydrogens (primary N) is 1. The Morgan fingerprint density at radius 3 is 2.78 bits per heavy atom. The second-order valence-electron chi connectivity index (χ2n) is 2.00. The molecule has 0 spiro atoms. The van der Waals surface area contributed by atoms with Crippen LogP contribution in [0, 0.1) is 0 Å². The highest BCUT2D eigenvalue weighted by molar-refractivity contribution is 7.98. The van der Waals surface area contributed by atoms with E-state index in [1.54, 1.807) is 18.9 Å². The molecule has 0 rings (SSSR count). The molecule has 2 nitrogen and oxygen atoms in total. The number of ether oxygens (including phenoxy) is 1. The van der Waals surface area contributed by atoms with E-state index in [1.165, 1.54) is 0 Å². The fourth-order valence-electron chi connectivity index (χ4n) is 0.567. The van der Waals surface area contributed by atoms with Crippen molar-refractivity contribution in [2.75, 3.05) is 25.7 Å². The highest BCUT2D eigenvalue weighted by Gasteiger charge is 1.98. The average molecular weight is 149 g/mol. The van der Waals surface area contributed by atoms with Gasteiger partial charge in [0.15, 0.2) is 0 Å². The van der Waals surface area contributed by atoms with Gasteiger partial charge in [-0.2, -0.15) is 11.8 Å². The molecule has 56 valence electrons. The van der Waals surface area contributed by atoms with Crippen molar-refractivity contribution in [2.45, 2.75) is 12.5 Å². The molecule has 0 aliphatic carbocycles. The van der Waals surface area contributed by atoms with Gasteiger partial charge < -0.3 is 10.5 Å². The zero-order valence-electron chi connectivity index (χ0n) is 6.09. The molecule has 0 aliphatic heterocycles. The molecular weight excluding hydrogens is 134 g/mol. The minimum Gasteiger partial charge on any atom is -0.385 e. The van der Waals surface area contributed by atoms with E-state index in [1.807, 2.05) is 0 Å². The zero-order valence-corrected chi connectivity index (χ0v) is 6.91. The minimum atomic E-state index is 0.306. The molecule has 0 amide bonds. The molecule has 2 N–H and O–H groups in total. The van der Waals surface area contributed by atoms with Crippen LogP contribution >= 0.6 is 11.8 Å². The Bertz CT molecular complexity index is 61.0. The SMILES string of the molecule is COCCC(N)CSC. The lowest BCUT2D eigenvalue weighted by atomic mass is 10.3. The number of hydrogen-bond donors (Lipinski definition) is 1. The summed E-state index contributed by atoms with van der Waals surface area (Å²) in [4.78, 5) is 0. The molecule has 0 fully saturated rings. The van der Waals surface area contributed by atoms with Gasteiger partial charge in [-0.25, -0.2) is 0 Å². The molecule has 0 aliphatic rings. The van der Waals surface area contributed by atoms with Gasteiger partial charge in [0.2, 0.25) is 0 Å². The van der Waals surface area contributed by atoms with Gasteiger partial charge >= 0.3 is 0 Å². The molecule has 0 heterocycles. The van der Waals surface area contributed by atoms with Crippen LogP contribution in [-0.2, 0) is 4.74 Å². The molecular formula is C6H15NOS. The van der Waals surface area contributed by atoms with Crippen LogP contribution in [0.15, 0.2) is 0 Å². The lowest BCUT2D eigenvalue weighted by molar-refractivity contribution is 0.190. The van der Waals surface area contributed by atoms with Gasteiger partial charge in [0.1, 0.15) is 0 Å². The van der Waals surface area contributed by atoms with Gasteiger partial charge in [-0.05, 0) is 12.7 Å². The Balaban J connectivity index is 2.95. The summed E-state index contributed by atoms with van der Waals surface area (Å²) in [6.45, 7) is 0.779. The van der Waals surface area contributed by atoms with Crippen molar-refractivity contribution in [1.82, 2.24) is 0 Å². The first-order valence-corrected chi connectivity index (χ1v) is 4.44. The minimum absolute atomic E-state index is 0.306. The quantitative estimate of drug-likeness (QED) is 0.625. The Kier molecular flexibility index (Phi) is 6.58. The summed E-state index contributed by atoms with van der Waals surface area (Å²) < 4.78 is 4.87. The summed E-state index contributed by atoms with van der Waals surface area (Å²) >= 11 is 1.78. The van der Waals surface area contributed by atoms with Crippen molar-refractivity contribution in [3.63, 3.8) is 0 Å². The molecule has 0 aromatic heterocycles. The monoisotopic (exact) mass is 149 g/mol. The van der Waals surface area contributed by atoms with Crippen LogP contribution in [-0.4, -0.2) is 31.8 Å². The lowest BCUT2D eigenvalue weighted by Crippen LogP contribution is -2.24. The van der Waals surface area contributed by atoms with E-state index >= 15 is 0 Å². The molecule has 3 heteroatoms. The highest BCUT2D eigenvalue weighted by atomic mass is 32.2. The molecule has 0 saturated heterocycles. The van der Waals surface area contributed by atoms with E-state index in [4.69, 9.17) is 10.5 Å². The Morgan fingerprint density at radius 2 is 2.33 bits per heavy atom. The Hall–Kier alpha value is 0.270. The first kappa shape index (κ1) is 9.27. The van der Waals surface area contributed by atoms with Crippen LogP contribution in [0.5, 0.6) is 0 Å². The largest absolute Gasteiger partial charge is 0.385 e. The zero-order chi connectivity index (χ0) is 7.11. The van der Waals surface area contributed by atoms with Gasteiger partial charge in [0.05, 0.1) is 0 Å². The van der Waals surface area contributed by atoms with Crippen molar-refractivity contribution >= 4 is 11.8 Å². The topological polar surface area (TPSA) is 35.2 Å². The van der Waals surface area contributed by atoms with Gasteiger partial charge in [-0.3, -0.25) is 0 Å². The van der Waals surface area contributed by atoms with E-state index in [2.05, 4.69) is 6.26 Å². The Morgan fingerprint density at radius 1 is 1.67 bits per heavy atom. The van der Waals surface area contributed by atoms with Crippen LogP contribution in [0.2, 0.25) is 0 Å². The normalized spacial score (nSPS) is 13.7. The number of methoxy groups -OCH3 is 1. The maximum absolute atomic E-state index is 5.67. The summed E-state index contributed by atoms with van der Waals surface area (Å²) in [6.07, 6.45) is 3.03. The number of hydrogen-bond acceptors (Lipinski definition) is 3. The van der Waals surface area contributed by atoms with Gasteiger partial charge in [-0.1, -0.05) is 0 Å². The molecule has 9 heavy (non-hydrogen) atoms. The summed E-state index contributed by atoms with van der Waals surface area (Å²) in [7, 11) is 1.70. The third-order valence-corrected chi connectivity index (χ3v) is 1.83. The fraction of sp³-hybridized carbons (Fsp3) is 1.00. The maximum Gasteiger partial charge on any atom is 0.0477 e. The van der Waals surface area contributed by atoms with Gasteiger partial charge in [0, 0.05) is 25.5 Å². The average Bonchev–Trinajstić information content (AvgIpc) is 1.85. The molecule has 0 saturated carbocycles. The number of thioether (sulfide) groups is 1. The van der Waals surface area contributed by atoms with Crippen LogP contribution in [0.25, 0.3) is 0 Å². The first-order valence-electron chi connectivity index (χ1n) is 3.04. The second kappa shape index (κ2) is 6.39. The summed E-state index contributed by atoms with van der Waals surface area (Å²) in [5, 5.41) is 0. The molecule has 1 atom stereocenters. The van der Waals surface area contributed by atoms with Crippen LogP contribution < -0.4 is 5.73 Å². The molecule has 0 aromatic carbocycles. The molecule has 1 unspecified atom stereocenters.